The van der Waals surface area contributed by atoms with Crippen molar-refractivity contribution in [1.82, 2.24) is 9.80 Å². The molecule has 0 heterocycles. The average Bonchev–Trinajstić information content (AvgIpc) is 2.68. The molecule has 0 spiro atoms. The van der Waals surface area contributed by atoms with Gasteiger partial charge in [-0.15, -0.1) is 0 Å². The number of carbonyl (C=O) groups excluding carboxylic acids is 2. The van der Waals surface area contributed by atoms with Crippen LogP contribution in [0.3, 0.4) is 0 Å². The normalized spacial score (nSPS) is 16.1. The molecule has 10 heteroatoms. The van der Waals surface area contributed by atoms with Gasteiger partial charge < -0.3 is 10.2 Å². The van der Waals surface area contributed by atoms with E-state index in [1.807, 2.05) is 0 Å². The number of carbonyl (C=O) groups is 2. The molecular weight excluding hydrogens is 421 g/mol. The van der Waals surface area contributed by atoms with Crippen molar-refractivity contribution in [1.29, 1.82) is 5.26 Å². The summed E-state index contributed by atoms with van der Waals surface area (Å²) in [7, 11) is 3.14. The number of halogens is 4. The van der Waals surface area contributed by atoms with Gasteiger partial charge in [0.2, 0.25) is 11.8 Å². The zero-order chi connectivity index (χ0) is 22.5. The van der Waals surface area contributed by atoms with Crippen LogP contribution in [0.5, 0.6) is 0 Å². The molecule has 1 aliphatic carbocycles. The van der Waals surface area contributed by atoms with Crippen LogP contribution in [-0.2, 0) is 15.8 Å². The Balaban J connectivity index is 1.95. The third-order valence-corrected chi connectivity index (χ3v) is 5.61. The van der Waals surface area contributed by atoms with Crippen LogP contribution >= 0.6 is 11.6 Å². The lowest BCUT2D eigenvalue weighted by Crippen LogP contribution is -2.52. The minimum atomic E-state index is -4.64. The molecular formula is C20H24ClF3N4O2. The molecule has 2 amide bonds. The highest BCUT2D eigenvalue weighted by atomic mass is 35.5. The first-order chi connectivity index (χ1) is 14.0. The molecule has 1 aromatic rings. The number of benzene rings is 1. The molecule has 0 aromatic heterocycles. The summed E-state index contributed by atoms with van der Waals surface area (Å²) in [4.78, 5) is 27.7. The number of hydrogen-bond donors (Lipinski definition) is 1. The SMILES string of the molecule is CN(CC(=O)Nc1ccc(Cl)c(C(F)(F)F)c1)CC(=O)N(C)C1(C#N)CCCCC1. The second-order valence-corrected chi connectivity index (χ2v) is 7.98. The Hall–Kier alpha value is -2.31. The predicted octanol–water partition coefficient (Wildman–Crippen LogP) is 3.91. The van der Waals surface area contributed by atoms with Crippen molar-refractivity contribution < 1.29 is 22.8 Å². The second kappa shape index (κ2) is 9.67. The van der Waals surface area contributed by atoms with Crippen LogP contribution in [0.25, 0.3) is 0 Å². The Kier molecular flexibility index (Phi) is 7.72. The number of amides is 2. The maximum atomic E-state index is 12.9. The fraction of sp³-hybridized carbons (Fsp3) is 0.550. The Morgan fingerprint density at radius 2 is 1.83 bits per heavy atom. The molecule has 164 valence electrons. The summed E-state index contributed by atoms with van der Waals surface area (Å²) in [5.74, 6) is -0.865. The van der Waals surface area contributed by atoms with Gasteiger partial charge in [0.15, 0.2) is 0 Å². The minimum absolute atomic E-state index is 0.0424. The summed E-state index contributed by atoms with van der Waals surface area (Å²) < 4.78 is 38.8. The molecule has 0 radical (unpaired) electrons. The molecule has 0 bridgehead atoms. The Labute approximate surface area is 178 Å². The van der Waals surface area contributed by atoms with E-state index in [0.717, 1.165) is 31.4 Å². The third kappa shape index (κ3) is 5.86. The van der Waals surface area contributed by atoms with Crippen LogP contribution in [0.1, 0.15) is 37.7 Å². The summed E-state index contributed by atoms with van der Waals surface area (Å²) in [6, 6.07) is 5.37. The molecule has 0 aliphatic heterocycles. The summed E-state index contributed by atoms with van der Waals surface area (Å²) in [6.07, 6.45) is -0.606. The van der Waals surface area contributed by atoms with E-state index in [0.29, 0.717) is 12.8 Å². The van der Waals surface area contributed by atoms with Gasteiger partial charge in [0.25, 0.3) is 0 Å². The van der Waals surface area contributed by atoms with Crippen LogP contribution in [0.15, 0.2) is 18.2 Å². The maximum Gasteiger partial charge on any atom is 0.417 e. The van der Waals surface area contributed by atoms with Gasteiger partial charge in [-0.1, -0.05) is 30.9 Å². The first-order valence-corrected chi connectivity index (χ1v) is 9.89. The highest BCUT2D eigenvalue weighted by molar-refractivity contribution is 6.31. The van der Waals surface area contributed by atoms with E-state index in [9.17, 15) is 28.0 Å². The van der Waals surface area contributed by atoms with E-state index < -0.39 is 28.2 Å². The van der Waals surface area contributed by atoms with Crippen LogP contribution in [0, 0.1) is 11.3 Å². The fourth-order valence-corrected chi connectivity index (χ4v) is 3.78. The maximum absolute atomic E-state index is 12.9. The number of rotatable bonds is 6. The topological polar surface area (TPSA) is 76.4 Å². The molecule has 1 aliphatic rings. The monoisotopic (exact) mass is 444 g/mol. The van der Waals surface area contributed by atoms with Crippen molar-refractivity contribution in [3.8, 4) is 6.07 Å². The first kappa shape index (κ1) is 24.0. The third-order valence-electron chi connectivity index (χ3n) is 5.28. The van der Waals surface area contributed by atoms with Crippen LogP contribution in [0.2, 0.25) is 5.02 Å². The van der Waals surface area contributed by atoms with Crippen molar-refractivity contribution in [3.05, 3.63) is 28.8 Å². The van der Waals surface area contributed by atoms with Gasteiger partial charge in [0, 0.05) is 12.7 Å². The quantitative estimate of drug-likeness (QED) is 0.721. The number of nitrogens with zero attached hydrogens (tertiary/aromatic N) is 3. The number of likely N-dealkylation sites (N-methyl/N-ethyl adjacent to an activating group) is 2. The smallest absolute Gasteiger partial charge is 0.326 e. The van der Waals surface area contributed by atoms with Crippen LogP contribution < -0.4 is 5.32 Å². The molecule has 2 rings (SSSR count). The summed E-state index contributed by atoms with van der Waals surface area (Å²) in [5.41, 5.74) is -1.91. The van der Waals surface area contributed by atoms with E-state index in [1.54, 1.807) is 14.1 Å². The number of hydrogen-bond acceptors (Lipinski definition) is 4. The van der Waals surface area contributed by atoms with E-state index in [-0.39, 0.29) is 24.7 Å². The fourth-order valence-electron chi connectivity index (χ4n) is 3.56. The standard InChI is InChI=1S/C20H24ClF3N4O2/c1-27(12-18(30)28(2)19(13-25)8-4-3-5-9-19)11-17(29)26-14-6-7-16(21)15(10-14)20(22,23)24/h6-7,10H,3-5,8-9,11-12H2,1-2H3,(H,26,29). The molecule has 0 unspecified atom stereocenters. The highest BCUT2D eigenvalue weighted by Crippen LogP contribution is 2.36. The van der Waals surface area contributed by atoms with Crippen LogP contribution in [-0.4, -0.2) is 54.3 Å². The number of alkyl halides is 3. The largest absolute Gasteiger partial charge is 0.417 e. The van der Waals surface area contributed by atoms with E-state index >= 15 is 0 Å². The lowest BCUT2D eigenvalue weighted by Gasteiger charge is -2.39. The van der Waals surface area contributed by atoms with Crippen molar-refractivity contribution in [2.24, 2.45) is 0 Å². The van der Waals surface area contributed by atoms with E-state index in [4.69, 9.17) is 11.6 Å². The lowest BCUT2D eigenvalue weighted by molar-refractivity contribution is -0.138. The number of nitrogens with one attached hydrogen (secondary N) is 1. The molecule has 1 saturated carbocycles. The van der Waals surface area contributed by atoms with Crippen molar-refractivity contribution in [2.75, 3.05) is 32.5 Å². The molecule has 1 fully saturated rings. The Morgan fingerprint density at radius 1 is 1.20 bits per heavy atom. The zero-order valence-corrected chi connectivity index (χ0v) is 17.6. The molecule has 1 aromatic carbocycles. The molecule has 0 atom stereocenters. The van der Waals surface area contributed by atoms with E-state index in [1.165, 1.54) is 15.9 Å². The average molecular weight is 445 g/mol. The predicted molar refractivity (Wildman–Crippen MR) is 107 cm³/mol. The van der Waals surface area contributed by atoms with Crippen LogP contribution in [0.4, 0.5) is 18.9 Å². The summed E-state index contributed by atoms with van der Waals surface area (Å²) in [5, 5.41) is 11.5. The van der Waals surface area contributed by atoms with Gasteiger partial charge in [-0.2, -0.15) is 18.4 Å². The van der Waals surface area contributed by atoms with Crippen molar-refractivity contribution >= 4 is 29.1 Å². The zero-order valence-electron chi connectivity index (χ0n) is 16.9. The van der Waals surface area contributed by atoms with Gasteiger partial charge in [0.1, 0.15) is 5.54 Å². The molecule has 30 heavy (non-hydrogen) atoms. The number of anilines is 1. The van der Waals surface area contributed by atoms with Gasteiger partial charge >= 0.3 is 6.18 Å². The van der Waals surface area contributed by atoms with Crippen molar-refractivity contribution in [3.63, 3.8) is 0 Å². The summed E-state index contributed by atoms with van der Waals surface area (Å²) >= 11 is 5.57. The van der Waals surface area contributed by atoms with Gasteiger partial charge in [-0.25, -0.2) is 0 Å². The summed E-state index contributed by atoms with van der Waals surface area (Å²) in [6.45, 7) is -0.301. The van der Waals surface area contributed by atoms with Crippen molar-refractivity contribution in [2.45, 2.75) is 43.8 Å². The minimum Gasteiger partial charge on any atom is -0.326 e. The highest BCUT2D eigenvalue weighted by Gasteiger charge is 2.39. The second-order valence-electron chi connectivity index (χ2n) is 7.57. The van der Waals surface area contributed by atoms with Gasteiger partial charge in [-0.05, 0) is 38.1 Å². The van der Waals surface area contributed by atoms with Gasteiger partial charge in [-0.3, -0.25) is 14.5 Å². The number of nitriles is 1. The first-order valence-electron chi connectivity index (χ1n) is 9.51. The molecule has 1 N–H and O–H groups in total. The molecule has 6 nitrogen and oxygen atoms in total. The Bertz CT molecular complexity index is 832. The lowest BCUT2D eigenvalue weighted by atomic mass is 9.81. The van der Waals surface area contributed by atoms with E-state index in [2.05, 4.69) is 11.4 Å². The van der Waals surface area contributed by atoms with Gasteiger partial charge in [0.05, 0.1) is 29.7 Å². The Morgan fingerprint density at radius 3 is 2.40 bits per heavy atom. The molecule has 0 saturated heterocycles.